The Balaban J connectivity index is 1.21. The molecule has 3 saturated heterocycles. The van der Waals surface area contributed by atoms with Crippen LogP contribution in [-0.2, 0) is 9.47 Å². The maximum atomic E-state index is 12.8. The number of hydrogen-bond donors (Lipinski definition) is 1. The SMILES string of the molecule is O=C(c1ccnc(NC2CCN(c3nccc(C4CCOCC4)n3)C2)c1)N1CCOCC1. The minimum Gasteiger partial charge on any atom is -0.381 e. The van der Waals surface area contributed by atoms with Gasteiger partial charge in [-0.05, 0) is 37.5 Å². The molecule has 170 valence electrons. The largest absolute Gasteiger partial charge is 0.381 e. The van der Waals surface area contributed by atoms with Gasteiger partial charge >= 0.3 is 0 Å². The van der Waals surface area contributed by atoms with Gasteiger partial charge in [-0.1, -0.05) is 0 Å². The van der Waals surface area contributed by atoms with Gasteiger partial charge in [0.1, 0.15) is 5.82 Å². The zero-order valence-electron chi connectivity index (χ0n) is 18.3. The van der Waals surface area contributed by atoms with E-state index in [1.807, 2.05) is 23.2 Å². The molecule has 3 aliphatic heterocycles. The second-order valence-electron chi connectivity index (χ2n) is 8.58. The van der Waals surface area contributed by atoms with Gasteiger partial charge < -0.3 is 24.6 Å². The predicted molar refractivity (Wildman–Crippen MR) is 120 cm³/mol. The summed E-state index contributed by atoms with van der Waals surface area (Å²) in [6.45, 7) is 5.76. The normalized spacial score (nSPS) is 22.2. The number of carbonyl (C=O) groups is 1. The fourth-order valence-corrected chi connectivity index (χ4v) is 4.60. The van der Waals surface area contributed by atoms with E-state index in [0.717, 1.165) is 63.0 Å². The molecular formula is C23H30N6O3. The third kappa shape index (κ3) is 4.83. The van der Waals surface area contributed by atoms with E-state index >= 15 is 0 Å². The molecule has 0 aromatic carbocycles. The Bertz CT molecular complexity index is 929. The number of anilines is 2. The van der Waals surface area contributed by atoms with E-state index in [9.17, 15) is 4.79 Å². The molecule has 1 atom stereocenters. The molecule has 3 fully saturated rings. The van der Waals surface area contributed by atoms with Gasteiger partial charge in [0.25, 0.3) is 5.91 Å². The standard InChI is InChI=1S/C23H30N6O3/c30-22(28-9-13-32-14-10-28)18-1-6-24-21(15-18)26-19-3-8-29(16-19)23-25-7-2-20(27-23)17-4-11-31-12-5-17/h1-2,6-7,15,17,19H,3-5,8-14,16H2,(H,24,26). The number of nitrogens with one attached hydrogen (secondary N) is 1. The van der Waals surface area contributed by atoms with E-state index < -0.39 is 0 Å². The number of hydrogen-bond acceptors (Lipinski definition) is 8. The summed E-state index contributed by atoms with van der Waals surface area (Å²) in [4.78, 5) is 30.7. The fourth-order valence-electron chi connectivity index (χ4n) is 4.60. The third-order valence-corrected chi connectivity index (χ3v) is 6.43. The highest BCUT2D eigenvalue weighted by molar-refractivity contribution is 5.94. The average Bonchev–Trinajstić information content (AvgIpc) is 3.33. The Hall–Kier alpha value is -2.78. The van der Waals surface area contributed by atoms with E-state index in [0.29, 0.717) is 37.8 Å². The van der Waals surface area contributed by atoms with Crippen LogP contribution in [0.5, 0.6) is 0 Å². The van der Waals surface area contributed by atoms with Crippen LogP contribution >= 0.6 is 0 Å². The number of ether oxygens (including phenoxy) is 2. The van der Waals surface area contributed by atoms with E-state index in [-0.39, 0.29) is 11.9 Å². The third-order valence-electron chi connectivity index (χ3n) is 6.43. The number of amides is 1. The second kappa shape index (κ2) is 9.79. The molecule has 2 aromatic rings. The van der Waals surface area contributed by atoms with Gasteiger partial charge in [-0.15, -0.1) is 0 Å². The number of carbonyl (C=O) groups excluding carboxylic acids is 1. The molecule has 0 radical (unpaired) electrons. The van der Waals surface area contributed by atoms with Gasteiger partial charge in [-0.3, -0.25) is 4.79 Å². The van der Waals surface area contributed by atoms with Crippen LogP contribution in [0.4, 0.5) is 11.8 Å². The first-order valence-electron chi connectivity index (χ1n) is 11.5. The summed E-state index contributed by atoms with van der Waals surface area (Å²) < 4.78 is 10.8. The molecule has 0 spiro atoms. The number of morpholine rings is 1. The molecule has 0 saturated carbocycles. The Morgan fingerprint density at radius 3 is 2.59 bits per heavy atom. The lowest BCUT2D eigenvalue weighted by atomic mass is 9.96. The van der Waals surface area contributed by atoms with Crippen LogP contribution in [0.2, 0.25) is 0 Å². The molecule has 5 rings (SSSR count). The molecule has 0 aliphatic carbocycles. The van der Waals surface area contributed by atoms with E-state index in [2.05, 4.69) is 20.2 Å². The molecule has 9 nitrogen and oxygen atoms in total. The molecule has 1 unspecified atom stereocenters. The van der Waals surface area contributed by atoms with Crippen LogP contribution in [0, 0.1) is 0 Å². The highest BCUT2D eigenvalue weighted by Crippen LogP contribution is 2.27. The van der Waals surface area contributed by atoms with Crippen molar-refractivity contribution in [2.75, 3.05) is 62.8 Å². The zero-order valence-corrected chi connectivity index (χ0v) is 18.3. The topological polar surface area (TPSA) is 92.7 Å². The van der Waals surface area contributed by atoms with Gasteiger partial charge in [-0.2, -0.15) is 0 Å². The molecule has 32 heavy (non-hydrogen) atoms. The van der Waals surface area contributed by atoms with E-state index in [1.54, 1.807) is 12.3 Å². The van der Waals surface area contributed by atoms with Crippen LogP contribution in [-0.4, -0.2) is 84.4 Å². The van der Waals surface area contributed by atoms with E-state index in [1.165, 1.54) is 0 Å². The maximum absolute atomic E-state index is 12.8. The summed E-state index contributed by atoms with van der Waals surface area (Å²) in [6.07, 6.45) is 6.57. The average molecular weight is 439 g/mol. The fraction of sp³-hybridized carbons (Fsp3) is 0.565. The van der Waals surface area contributed by atoms with Crippen LogP contribution in [0.1, 0.15) is 41.2 Å². The Morgan fingerprint density at radius 2 is 1.75 bits per heavy atom. The Kier molecular flexibility index (Phi) is 6.45. The summed E-state index contributed by atoms with van der Waals surface area (Å²) in [5.74, 6) is 2.01. The van der Waals surface area contributed by atoms with Crippen molar-refractivity contribution in [3.63, 3.8) is 0 Å². The van der Waals surface area contributed by atoms with Crippen LogP contribution in [0.3, 0.4) is 0 Å². The summed E-state index contributed by atoms with van der Waals surface area (Å²) in [5.41, 5.74) is 1.78. The molecule has 1 N–H and O–H groups in total. The van der Waals surface area contributed by atoms with Gasteiger partial charge in [0.15, 0.2) is 0 Å². The molecule has 3 aliphatic rings. The molecule has 1 amide bonds. The zero-order chi connectivity index (χ0) is 21.8. The number of pyridine rings is 1. The quantitative estimate of drug-likeness (QED) is 0.757. The molecule has 2 aromatic heterocycles. The highest BCUT2D eigenvalue weighted by atomic mass is 16.5. The van der Waals surface area contributed by atoms with E-state index in [4.69, 9.17) is 14.5 Å². The van der Waals surface area contributed by atoms with Crippen molar-refractivity contribution in [1.82, 2.24) is 19.9 Å². The first-order chi connectivity index (χ1) is 15.8. The first-order valence-corrected chi connectivity index (χ1v) is 11.5. The molecule has 0 bridgehead atoms. The Morgan fingerprint density at radius 1 is 0.969 bits per heavy atom. The van der Waals surface area contributed by atoms with Gasteiger partial charge in [0, 0.05) is 75.0 Å². The van der Waals surface area contributed by atoms with Crippen molar-refractivity contribution in [3.05, 3.63) is 41.9 Å². The minimum absolute atomic E-state index is 0.0325. The summed E-state index contributed by atoms with van der Waals surface area (Å²) in [7, 11) is 0. The van der Waals surface area contributed by atoms with Gasteiger partial charge in [-0.25, -0.2) is 15.0 Å². The highest BCUT2D eigenvalue weighted by Gasteiger charge is 2.26. The van der Waals surface area contributed by atoms with Crippen LogP contribution in [0.15, 0.2) is 30.6 Å². The molecule has 5 heterocycles. The maximum Gasteiger partial charge on any atom is 0.254 e. The lowest BCUT2D eigenvalue weighted by Gasteiger charge is -2.27. The van der Waals surface area contributed by atoms with Crippen molar-refractivity contribution in [2.24, 2.45) is 0 Å². The second-order valence-corrected chi connectivity index (χ2v) is 8.58. The first kappa shape index (κ1) is 21.1. The minimum atomic E-state index is 0.0325. The summed E-state index contributed by atoms with van der Waals surface area (Å²) in [6, 6.07) is 5.89. The predicted octanol–water partition coefficient (Wildman–Crippen LogP) is 1.93. The summed E-state index contributed by atoms with van der Waals surface area (Å²) >= 11 is 0. The van der Waals surface area contributed by atoms with Crippen molar-refractivity contribution >= 4 is 17.7 Å². The van der Waals surface area contributed by atoms with Crippen molar-refractivity contribution in [3.8, 4) is 0 Å². The molecule has 9 heteroatoms. The van der Waals surface area contributed by atoms with Crippen molar-refractivity contribution < 1.29 is 14.3 Å². The van der Waals surface area contributed by atoms with Gasteiger partial charge in [0.2, 0.25) is 5.95 Å². The lowest BCUT2D eigenvalue weighted by molar-refractivity contribution is 0.0303. The summed E-state index contributed by atoms with van der Waals surface area (Å²) in [5, 5.41) is 3.50. The number of nitrogens with zero attached hydrogens (tertiary/aromatic N) is 5. The monoisotopic (exact) mass is 438 g/mol. The smallest absolute Gasteiger partial charge is 0.254 e. The lowest BCUT2D eigenvalue weighted by Crippen LogP contribution is -2.40. The van der Waals surface area contributed by atoms with Crippen LogP contribution < -0.4 is 10.2 Å². The van der Waals surface area contributed by atoms with Gasteiger partial charge in [0.05, 0.1) is 13.2 Å². The Labute approximate surface area is 188 Å². The van der Waals surface area contributed by atoms with Crippen molar-refractivity contribution in [1.29, 1.82) is 0 Å². The van der Waals surface area contributed by atoms with Crippen molar-refractivity contribution in [2.45, 2.75) is 31.2 Å². The number of aromatic nitrogens is 3. The molecular weight excluding hydrogens is 408 g/mol. The number of rotatable bonds is 5. The van der Waals surface area contributed by atoms with Crippen LogP contribution in [0.25, 0.3) is 0 Å².